The molecule has 13 heavy (non-hydrogen) atoms. The van der Waals surface area contributed by atoms with Gasteiger partial charge in [-0.2, -0.15) is 0 Å². The molecule has 0 aliphatic rings. The molecule has 0 bridgehead atoms. The number of nitrogens with zero attached hydrogens (tertiary/aromatic N) is 2. The lowest BCUT2D eigenvalue weighted by Gasteiger charge is -2.00. The monoisotopic (exact) mass is 186 g/mol. The van der Waals surface area contributed by atoms with Crippen molar-refractivity contribution in [3.8, 4) is 0 Å². The summed E-state index contributed by atoms with van der Waals surface area (Å²) in [5, 5.41) is 10.6. The van der Waals surface area contributed by atoms with E-state index in [0.29, 0.717) is 11.3 Å². The van der Waals surface area contributed by atoms with Gasteiger partial charge in [0.05, 0.1) is 7.11 Å². The Morgan fingerprint density at radius 1 is 1.69 bits per heavy atom. The topological polar surface area (TPSA) is 67.4 Å². The lowest BCUT2D eigenvalue weighted by molar-refractivity contribution is -0.604. The second kappa shape index (κ2) is 4.34. The summed E-state index contributed by atoms with van der Waals surface area (Å²) in [5.74, 6) is 0. The van der Waals surface area contributed by atoms with Gasteiger partial charge in [0.15, 0.2) is 0 Å². The van der Waals surface area contributed by atoms with Crippen LogP contribution in [0.4, 0.5) is 4.79 Å². The zero-order valence-corrected chi connectivity index (χ0v) is 7.17. The van der Waals surface area contributed by atoms with Crippen LogP contribution in [0.2, 0.25) is 0 Å². The van der Waals surface area contributed by atoms with Gasteiger partial charge in [-0.15, -0.1) is 0 Å². The number of imidazole rings is 1. The second-order valence-electron chi connectivity index (χ2n) is 2.31. The Bertz CT molecular complexity index is 284. The molecule has 0 spiro atoms. The highest BCUT2D eigenvalue weighted by Crippen LogP contribution is 1.87. The van der Waals surface area contributed by atoms with Gasteiger partial charge in [0.2, 0.25) is 6.33 Å². The van der Waals surface area contributed by atoms with Gasteiger partial charge >= 0.3 is 6.16 Å². The molecule has 1 aromatic heterocycles. The molecule has 0 N–H and O–H groups in total. The lowest BCUT2D eigenvalue weighted by atomic mass is 10.7. The third-order valence-electron chi connectivity index (χ3n) is 1.40. The van der Waals surface area contributed by atoms with Crippen molar-refractivity contribution in [1.82, 2.24) is 4.57 Å². The predicted molar refractivity (Wildman–Crippen MR) is 41.7 cm³/mol. The second-order valence-corrected chi connectivity index (χ2v) is 2.31. The molecule has 0 radical (unpaired) electrons. The number of hydrogen-bond acceptors (Lipinski definition) is 4. The molecule has 0 atom stereocenters. The first kappa shape index (κ1) is 9.37. The molecule has 6 heteroatoms. The SMILES string of the molecule is COC(=O)OCCn1cc[n+]([O-])c1. The molecule has 0 unspecified atom stereocenters. The average molecular weight is 186 g/mol. The molecule has 0 aromatic carbocycles. The third kappa shape index (κ3) is 3.02. The van der Waals surface area contributed by atoms with Crippen LogP contribution in [0.5, 0.6) is 0 Å². The maximum absolute atomic E-state index is 10.6. The lowest BCUT2D eigenvalue weighted by Crippen LogP contribution is -2.22. The Hall–Kier alpha value is -1.72. The summed E-state index contributed by atoms with van der Waals surface area (Å²) in [7, 11) is 1.24. The molecule has 6 nitrogen and oxygen atoms in total. The predicted octanol–water partition coefficient (Wildman–Crippen LogP) is -0.0955. The fraction of sp³-hybridized carbons (Fsp3) is 0.429. The van der Waals surface area contributed by atoms with Crippen LogP contribution in [0.3, 0.4) is 0 Å². The van der Waals surface area contributed by atoms with Gasteiger partial charge in [0.1, 0.15) is 25.5 Å². The van der Waals surface area contributed by atoms with Crippen LogP contribution in [0.15, 0.2) is 18.7 Å². The van der Waals surface area contributed by atoms with Gasteiger partial charge in [-0.25, -0.2) is 14.1 Å². The highest BCUT2D eigenvalue weighted by atomic mass is 16.7. The molecule has 0 amide bonds. The van der Waals surface area contributed by atoms with Crippen LogP contribution in [-0.4, -0.2) is 24.4 Å². The van der Waals surface area contributed by atoms with Crippen molar-refractivity contribution in [2.45, 2.75) is 6.54 Å². The molecule has 0 aliphatic heterocycles. The van der Waals surface area contributed by atoms with Gasteiger partial charge < -0.3 is 14.7 Å². The molecule has 72 valence electrons. The Kier molecular flexibility index (Phi) is 3.13. The highest BCUT2D eigenvalue weighted by molar-refractivity contribution is 5.59. The van der Waals surface area contributed by atoms with Crippen LogP contribution in [0.1, 0.15) is 0 Å². The fourth-order valence-corrected chi connectivity index (χ4v) is 0.800. The largest absolute Gasteiger partial charge is 0.711 e. The minimum atomic E-state index is -0.720. The van der Waals surface area contributed by atoms with Gasteiger partial charge in [0.25, 0.3) is 0 Å². The van der Waals surface area contributed by atoms with Gasteiger partial charge in [-0.05, 0) is 0 Å². The maximum atomic E-state index is 10.6. The van der Waals surface area contributed by atoms with E-state index in [2.05, 4.69) is 9.47 Å². The van der Waals surface area contributed by atoms with E-state index in [9.17, 15) is 10.0 Å². The Labute approximate surface area is 74.9 Å². The van der Waals surface area contributed by atoms with E-state index in [1.807, 2.05) is 0 Å². The van der Waals surface area contributed by atoms with Crippen molar-refractivity contribution in [2.24, 2.45) is 0 Å². The van der Waals surface area contributed by atoms with Crippen LogP contribution < -0.4 is 4.73 Å². The third-order valence-corrected chi connectivity index (χ3v) is 1.40. The summed E-state index contributed by atoms with van der Waals surface area (Å²) < 4.78 is 11.1. The summed E-state index contributed by atoms with van der Waals surface area (Å²) in [4.78, 5) is 10.5. The van der Waals surface area contributed by atoms with Crippen molar-refractivity contribution >= 4 is 6.16 Å². The van der Waals surface area contributed by atoms with E-state index in [1.165, 1.54) is 19.6 Å². The van der Waals surface area contributed by atoms with E-state index < -0.39 is 6.16 Å². The van der Waals surface area contributed by atoms with Crippen molar-refractivity contribution < 1.29 is 19.0 Å². The first-order chi connectivity index (χ1) is 6.22. The first-order valence-electron chi connectivity index (χ1n) is 3.67. The van der Waals surface area contributed by atoms with Crippen LogP contribution in [0.25, 0.3) is 0 Å². The molecule has 1 aromatic rings. The van der Waals surface area contributed by atoms with Crippen molar-refractivity contribution in [2.75, 3.05) is 13.7 Å². The standard InChI is InChI=1S/C7H10N2O4/c1-12-7(10)13-5-4-8-2-3-9(11)6-8/h2-3,6H,4-5H2,1H3. The Balaban J connectivity index is 2.24. The number of carbonyl (C=O) groups excluding carboxylic acids is 1. The quantitative estimate of drug-likeness (QED) is 0.375. The van der Waals surface area contributed by atoms with Crippen LogP contribution >= 0.6 is 0 Å². The fourth-order valence-electron chi connectivity index (χ4n) is 0.800. The number of carbonyl (C=O) groups is 1. The van der Waals surface area contributed by atoms with Gasteiger partial charge in [0, 0.05) is 0 Å². The molecule has 1 heterocycles. The normalized spacial score (nSPS) is 9.62. The molecular formula is C7H10N2O4. The number of methoxy groups -OCH3 is 1. The zero-order valence-electron chi connectivity index (χ0n) is 7.17. The average Bonchev–Trinajstić information content (AvgIpc) is 2.51. The highest BCUT2D eigenvalue weighted by Gasteiger charge is 2.02. The molecule has 0 saturated heterocycles. The summed E-state index contributed by atoms with van der Waals surface area (Å²) in [6.07, 6.45) is 3.58. The van der Waals surface area contributed by atoms with E-state index in [-0.39, 0.29) is 6.61 Å². The molecule has 0 saturated carbocycles. The van der Waals surface area contributed by atoms with Crippen LogP contribution in [0, 0.1) is 5.21 Å². The van der Waals surface area contributed by atoms with Crippen molar-refractivity contribution in [3.63, 3.8) is 0 Å². The summed E-state index contributed by atoms with van der Waals surface area (Å²) >= 11 is 0. The molecule has 0 fully saturated rings. The number of aromatic nitrogens is 2. The Morgan fingerprint density at radius 2 is 2.46 bits per heavy atom. The number of hydrogen-bond donors (Lipinski definition) is 0. The van der Waals surface area contributed by atoms with Crippen LogP contribution in [-0.2, 0) is 16.0 Å². The van der Waals surface area contributed by atoms with E-state index >= 15 is 0 Å². The smallest absolute Gasteiger partial charge is 0.508 e. The number of ether oxygens (including phenoxy) is 2. The molecular weight excluding hydrogens is 176 g/mol. The maximum Gasteiger partial charge on any atom is 0.508 e. The summed E-state index contributed by atoms with van der Waals surface area (Å²) in [6.45, 7) is 0.617. The van der Waals surface area contributed by atoms with E-state index in [4.69, 9.17) is 0 Å². The molecule has 1 rings (SSSR count). The minimum Gasteiger partial charge on any atom is -0.711 e. The first-order valence-corrected chi connectivity index (χ1v) is 3.67. The van der Waals surface area contributed by atoms with Gasteiger partial charge in [-0.3, -0.25) is 0 Å². The summed E-state index contributed by atoms with van der Waals surface area (Å²) in [6, 6.07) is 0. The number of rotatable bonds is 3. The van der Waals surface area contributed by atoms with E-state index in [0.717, 1.165) is 0 Å². The minimum absolute atomic E-state index is 0.182. The zero-order chi connectivity index (χ0) is 9.68. The van der Waals surface area contributed by atoms with Gasteiger partial charge in [-0.1, -0.05) is 0 Å². The Morgan fingerprint density at radius 3 is 3.00 bits per heavy atom. The van der Waals surface area contributed by atoms with E-state index in [1.54, 1.807) is 10.8 Å². The summed E-state index contributed by atoms with van der Waals surface area (Å²) in [5.41, 5.74) is 0. The molecule has 0 aliphatic carbocycles. The van der Waals surface area contributed by atoms with Crippen molar-refractivity contribution in [1.29, 1.82) is 0 Å². The van der Waals surface area contributed by atoms with Crippen molar-refractivity contribution in [3.05, 3.63) is 23.9 Å².